The molecule has 0 aromatic heterocycles. The van der Waals surface area contributed by atoms with E-state index in [-0.39, 0.29) is 5.91 Å². The van der Waals surface area contributed by atoms with Gasteiger partial charge in [-0.25, -0.2) is 0 Å². The van der Waals surface area contributed by atoms with E-state index in [9.17, 15) is 4.79 Å². The minimum atomic E-state index is 0.167. The highest BCUT2D eigenvalue weighted by molar-refractivity contribution is 5.80. The van der Waals surface area contributed by atoms with Crippen LogP contribution in [0.15, 0.2) is 29.3 Å². The van der Waals surface area contributed by atoms with Gasteiger partial charge in [0.25, 0.3) is 0 Å². The molecule has 25 heavy (non-hydrogen) atoms. The quantitative estimate of drug-likeness (QED) is 0.677. The summed E-state index contributed by atoms with van der Waals surface area (Å²) < 4.78 is 0. The fourth-order valence-electron chi connectivity index (χ4n) is 3.90. The van der Waals surface area contributed by atoms with Crippen LogP contribution in [0.3, 0.4) is 0 Å². The Kier molecular flexibility index (Phi) is 5.95. The Morgan fingerprint density at radius 3 is 2.64 bits per heavy atom. The molecule has 0 saturated carbocycles. The number of aryl methyl sites for hydroxylation is 1. The van der Waals surface area contributed by atoms with Crippen molar-refractivity contribution in [3.63, 3.8) is 0 Å². The molecule has 1 heterocycles. The van der Waals surface area contributed by atoms with Gasteiger partial charge in [0.15, 0.2) is 5.96 Å². The van der Waals surface area contributed by atoms with Crippen LogP contribution in [0.4, 0.5) is 0 Å². The van der Waals surface area contributed by atoms with Crippen molar-refractivity contribution in [1.82, 2.24) is 15.1 Å². The van der Waals surface area contributed by atoms with E-state index in [1.807, 2.05) is 4.90 Å². The first-order valence-electron chi connectivity index (χ1n) is 9.55. The lowest BCUT2D eigenvalue weighted by molar-refractivity contribution is -0.130. The summed E-state index contributed by atoms with van der Waals surface area (Å²) in [5, 5.41) is 3.43. The molecule has 2 aliphatic rings. The van der Waals surface area contributed by atoms with Crippen molar-refractivity contribution in [2.75, 3.05) is 39.3 Å². The third-order valence-corrected chi connectivity index (χ3v) is 5.31. The van der Waals surface area contributed by atoms with E-state index in [4.69, 9.17) is 4.99 Å². The summed E-state index contributed by atoms with van der Waals surface area (Å²) >= 11 is 0. The molecular formula is C20H30N4O. The molecule has 1 aromatic carbocycles. The van der Waals surface area contributed by atoms with E-state index in [1.54, 1.807) is 6.92 Å². The standard InChI is InChI=1S/C20H30N4O/c1-3-21-20(24-13-11-23(12-14-24)16(2)25)22-15-18-9-6-8-17-7-4-5-10-19(17)18/h4-5,7,10,18H,3,6,8-9,11-15H2,1-2H3,(H,21,22). The highest BCUT2D eigenvalue weighted by Gasteiger charge is 2.23. The molecule has 136 valence electrons. The first-order valence-corrected chi connectivity index (χ1v) is 9.55. The number of benzene rings is 1. The van der Waals surface area contributed by atoms with E-state index < -0.39 is 0 Å². The lowest BCUT2D eigenvalue weighted by Crippen LogP contribution is -2.53. The Morgan fingerprint density at radius 1 is 1.20 bits per heavy atom. The molecule has 1 saturated heterocycles. The van der Waals surface area contributed by atoms with Crippen LogP contribution in [0.5, 0.6) is 0 Å². The van der Waals surface area contributed by atoms with Gasteiger partial charge in [-0.1, -0.05) is 24.3 Å². The Bertz CT molecular complexity index is 620. The molecule has 1 aliphatic heterocycles. The topological polar surface area (TPSA) is 47.9 Å². The zero-order valence-electron chi connectivity index (χ0n) is 15.5. The second kappa shape index (κ2) is 8.37. The van der Waals surface area contributed by atoms with Crippen LogP contribution in [0, 0.1) is 0 Å². The van der Waals surface area contributed by atoms with Crippen molar-refractivity contribution < 1.29 is 4.79 Å². The van der Waals surface area contributed by atoms with E-state index in [2.05, 4.69) is 41.4 Å². The molecule has 1 unspecified atom stereocenters. The average molecular weight is 342 g/mol. The van der Waals surface area contributed by atoms with Crippen molar-refractivity contribution in [1.29, 1.82) is 0 Å². The molecule has 1 fully saturated rings. The summed E-state index contributed by atoms with van der Waals surface area (Å²) in [5.74, 6) is 1.69. The number of guanidine groups is 1. The highest BCUT2D eigenvalue weighted by atomic mass is 16.2. The molecule has 3 rings (SSSR count). The first kappa shape index (κ1) is 17.8. The summed E-state index contributed by atoms with van der Waals surface area (Å²) in [4.78, 5) is 20.7. The van der Waals surface area contributed by atoms with Gasteiger partial charge in [0.1, 0.15) is 0 Å². The van der Waals surface area contributed by atoms with Crippen molar-refractivity contribution in [3.05, 3.63) is 35.4 Å². The van der Waals surface area contributed by atoms with E-state index >= 15 is 0 Å². The predicted octanol–water partition coefficient (Wildman–Crippen LogP) is 2.24. The second-order valence-electron chi connectivity index (χ2n) is 6.98. The van der Waals surface area contributed by atoms with Crippen LogP contribution < -0.4 is 5.32 Å². The van der Waals surface area contributed by atoms with Crippen LogP contribution in [-0.4, -0.2) is 60.9 Å². The minimum absolute atomic E-state index is 0.167. The van der Waals surface area contributed by atoms with Crippen LogP contribution >= 0.6 is 0 Å². The highest BCUT2D eigenvalue weighted by Crippen LogP contribution is 2.31. The Morgan fingerprint density at radius 2 is 1.92 bits per heavy atom. The number of aliphatic imine (C=N–C) groups is 1. The number of hydrogen-bond acceptors (Lipinski definition) is 2. The zero-order chi connectivity index (χ0) is 17.6. The molecule has 1 aromatic rings. The predicted molar refractivity (Wildman–Crippen MR) is 102 cm³/mol. The Balaban J connectivity index is 1.66. The largest absolute Gasteiger partial charge is 0.357 e. The van der Waals surface area contributed by atoms with Gasteiger partial charge in [-0.15, -0.1) is 0 Å². The van der Waals surface area contributed by atoms with Gasteiger partial charge in [-0.05, 0) is 37.3 Å². The molecule has 1 aliphatic carbocycles. The van der Waals surface area contributed by atoms with Gasteiger partial charge in [0, 0.05) is 52.1 Å². The maximum atomic E-state index is 11.5. The molecule has 0 spiro atoms. The average Bonchev–Trinajstić information content (AvgIpc) is 2.65. The summed E-state index contributed by atoms with van der Waals surface area (Å²) in [6.45, 7) is 8.74. The number of hydrogen-bond donors (Lipinski definition) is 1. The third-order valence-electron chi connectivity index (χ3n) is 5.31. The van der Waals surface area contributed by atoms with E-state index in [0.717, 1.165) is 45.2 Å². The molecule has 5 heteroatoms. The van der Waals surface area contributed by atoms with Crippen LogP contribution in [0.2, 0.25) is 0 Å². The summed E-state index contributed by atoms with van der Waals surface area (Å²) in [6, 6.07) is 8.82. The Labute approximate surface area is 151 Å². The number of piperazine rings is 1. The smallest absolute Gasteiger partial charge is 0.219 e. The Hall–Kier alpha value is -2.04. The van der Waals surface area contributed by atoms with Crippen molar-refractivity contribution in [2.45, 2.75) is 39.0 Å². The fourth-order valence-corrected chi connectivity index (χ4v) is 3.90. The number of carbonyl (C=O) groups excluding carboxylic acids is 1. The van der Waals surface area contributed by atoms with Crippen LogP contribution in [0.25, 0.3) is 0 Å². The van der Waals surface area contributed by atoms with Crippen LogP contribution in [0.1, 0.15) is 43.7 Å². The molecule has 1 N–H and O–H groups in total. The first-order chi connectivity index (χ1) is 12.2. The van der Waals surface area contributed by atoms with E-state index in [1.165, 1.54) is 30.4 Å². The number of rotatable bonds is 3. The lowest BCUT2D eigenvalue weighted by atomic mass is 9.83. The van der Waals surface area contributed by atoms with Gasteiger partial charge >= 0.3 is 0 Å². The minimum Gasteiger partial charge on any atom is -0.357 e. The molecule has 0 bridgehead atoms. The molecule has 1 atom stereocenters. The van der Waals surface area contributed by atoms with Crippen molar-refractivity contribution in [3.8, 4) is 0 Å². The summed E-state index contributed by atoms with van der Waals surface area (Å²) in [7, 11) is 0. The molecule has 5 nitrogen and oxygen atoms in total. The number of carbonyl (C=O) groups is 1. The van der Waals surface area contributed by atoms with Gasteiger partial charge in [-0.3, -0.25) is 9.79 Å². The second-order valence-corrected chi connectivity index (χ2v) is 6.98. The lowest BCUT2D eigenvalue weighted by Gasteiger charge is -2.36. The molecule has 0 radical (unpaired) electrons. The monoisotopic (exact) mass is 342 g/mol. The molecule has 1 amide bonds. The number of amides is 1. The van der Waals surface area contributed by atoms with Crippen molar-refractivity contribution >= 4 is 11.9 Å². The van der Waals surface area contributed by atoms with Crippen LogP contribution in [-0.2, 0) is 11.2 Å². The van der Waals surface area contributed by atoms with E-state index in [0.29, 0.717) is 5.92 Å². The summed E-state index contributed by atoms with van der Waals surface area (Å²) in [6.07, 6.45) is 3.67. The normalized spacial score (nSPS) is 21.0. The maximum Gasteiger partial charge on any atom is 0.219 e. The SMILES string of the molecule is CCNC(=NCC1CCCc2ccccc21)N1CCN(C(C)=O)CC1. The van der Waals surface area contributed by atoms with Gasteiger partial charge in [0.2, 0.25) is 5.91 Å². The number of fused-ring (bicyclic) bond motifs is 1. The van der Waals surface area contributed by atoms with Gasteiger partial charge in [-0.2, -0.15) is 0 Å². The molecular weight excluding hydrogens is 312 g/mol. The van der Waals surface area contributed by atoms with Crippen molar-refractivity contribution in [2.24, 2.45) is 4.99 Å². The van der Waals surface area contributed by atoms with Gasteiger partial charge < -0.3 is 15.1 Å². The third kappa shape index (κ3) is 4.33. The summed E-state index contributed by atoms with van der Waals surface area (Å²) in [5.41, 5.74) is 2.98. The van der Waals surface area contributed by atoms with Gasteiger partial charge in [0.05, 0.1) is 0 Å². The number of nitrogens with zero attached hydrogens (tertiary/aromatic N) is 3. The fraction of sp³-hybridized carbons (Fsp3) is 0.600. The zero-order valence-corrected chi connectivity index (χ0v) is 15.5. The number of nitrogens with one attached hydrogen (secondary N) is 1. The maximum absolute atomic E-state index is 11.5.